The van der Waals surface area contributed by atoms with Gasteiger partial charge in [0.2, 0.25) is 0 Å². The Morgan fingerprint density at radius 1 is 1.00 bits per heavy atom. The maximum atomic E-state index is 12.7. The molecule has 0 aliphatic carbocycles. The number of rotatable bonds is 4. The molecular weight excluding hydrogens is 388 g/mol. The largest absolute Gasteiger partial charge is 0.306 e. The van der Waals surface area contributed by atoms with Gasteiger partial charge in [-0.1, -0.05) is 18.2 Å². The zero-order valence-electron chi connectivity index (χ0n) is 15.1. The van der Waals surface area contributed by atoms with Crippen LogP contribution in [0.2, 0.25) is 0 Å². The van der Waals surface area contributed by atoms with Crippen LogP contribution in [-0.4, -0.2) is 26.4 Å². The summed E-state index contributed by atoms with van der Waals surface area (Å²) in [6.45, 7) is 2.20. The lowest BCUT2D eigenvalue weighted by molar-refractivity contribution is 0.239. The van der Waals surface area contributed by atoms with E-state index in [2.05, 4.69) is 33.5 Å². The van der Waals surface area contributed by atoms with Crippen LogP contribution in [0.4, 0.5) is 0 Å². The number of aromatic nitrogens is 3. The summed E-state index contributed by atoms with van der Waals surface area (Å²) < 4.78 is 0. The summed E-state index contributed by atoms with van der Waals surface area (Å²) in [6.07, 6.45) is 0.780. The van der Waals surface area contributed by atoms with Gasteiger partial charge in [0.15, 0.2) is 5.82 Å². The van der Waals surface area contributed by atoms with Crippen molar-refractivity contribution in [1.82, 2.24) is 19.9 Å². The van der Waals surface area contributed by atoms with Crippen molar-refractivity contribution in [3.8, 4) is 21.3 Å². The maximum absolute atomic E-state index is 12.7. The van der Waals surface area contributed by atoms with Crippen LogP contribution in [0.15, 0.2) is 58.0 Å². The zero-order chi connectivity index (χ0) is 18.9. The standard InChI is InChI=1S/C21H18N4OS2/c26-21-15-13-25(9-8-16(15)23-20(24-21)19-7-3-11-28-19)12-14-4-1-5-17(22-14)18-6-2-10-27-18/h1-7,10-11H,8-9,12-13H2,(H,23,24,26). The maximum Gasteiger partial charge on any atom is 0.255 e. The SMILES string of the molecule is O=c1[nH]c(-c2cccs2)nc2c1CN(Cc1cccc(-c3cccs3)n1)CC2. The smallest absolute Gasteiger partial charge is 0.255 e. The first-order valence-electron chi connectivity index (χ1n) is 9.14. The normalized spacial score (nSPS) is 14.1. The minimum Gasteiger partial charge on any atom is -0.306 e. The number of H-pyrrole nitrogens is 1. The molecule has 0 amide bonds. The topological polar surface area (TPSA) is 61.9 Å². The third kappa shape index (κ3) is 3.44. The van der Waals surface area contributed by atoms with Gasteiger partial charge >= 0.3 is 0 Å². The summed E-state index contributed by atoms with van der Waals surface area (Å²) in [5, 5.41) is 4.06. The summed E-state index contributed by atoms with van der Waals surface area (Å²) >= 11 is 3.28. The van der Waals surface area contributed by atoms with Crippen molar-refractivity contribution in [2.75, 3.05) is 6.54 Å². The Labute approximate surface area is 170 Å². The monoisotopic (exact) mass is 406 g/mol. The number of aromatic amines is 1. The highest BCUT2D eigenvalue weighted by Crippen LogP contribution is 2.25. The molecular formula is C21H18N4OS2. The Hall–Kier alpha value is -2.61. The number of nitrogens with one attached hydrogen (secondary N) is 1. The van der Waals surface area contributed by atoms with Crippen molar-refractivity contribution < 1.29 is 0 Å². The third-order valence-corrected chi connectivity index (χ3v) is 6.64. The zero-order valence-corrected chi connectivity index (χ0v) is 16.7. The molecule has 0 saturated carbocycles. The van der Waals surface area contributed by atoms with Crippen LogP contribution in [0, 0.1) is 0 Å². The first-order chi connectivity index (χ1) is 13.8. The predicted molar refractivity (Wildman–Crippen MR) is 114 cm³/mol. The minimum absolute atomic E-state index is 0.0293. The molecule has 140 valence electrons. The number of hydrogen-bond donors (Lipinski definition) is 1. The van der Waals surface area contributed by atoms with Gasteiger partial charge in [-0.3, -0.25) is 14.7 Å². The van der Waals surface area contributed by atoms with E-state index in [1.807, 2.05) is 29.6 Å². The number of thiophene rings is 2. The van der Waals surface area contributed by atoms with Crippen molar-refractivity contribution >= 4 is 22.7 Å². The Bertz CT molecular complexity index is 1150. The molecule has 28 heavy (non-hydrogen) atoms. The van der Waals surface area contributed by atoms with E-state index in [9.17, 15) is 4.79 Å². The lowest BCUT2D eigenvalue weighted by atomic mass is 10.1. The van der Waals surface area contributed by atoms with Gasteiger partial charge in [-0.05, 0) is 35.0 Å². The van der Waals surface area contributed by atoms with E-state index in [0.29, 0.717) is 12.4 Å². The van der Waals surface area contributed by atoms with Gasteiger partial charge < -0.3 is 4.98 Å². The van der Waals surface area contributed by atoms with E-state index < -0.39 is 0 Å². The van der Waals surface area contributed by atoms with Gasteiger partial charge in [-0.25, -0.2) is 4.98 Å². The van der Waals surface area contributed by atoms with Crippen LogP contribution in [-0.2, 0) is 19.5 Å². The summed E-state index contributed by atoms with van der Waals surface area (Å²) in [5.74, 6) is 0.678. The fourth-order valence-electron chi connectivity index (χ4n) is 3.50. The van der Waals surface area contributed by atoms with E-state index in [4.69, 9.17) is 9.97 Å². The van der Waals surface area contributed by atoms with Crippen LogP contribution in [0.3, 0.4) is 0 Å². The van der Waals surface area contributed by atoms with Gasteiger partial charge in [0.1, 0.15) is 0 Å². The van der Waals surface area contributed by atoms with Crippen molar-refractivity contribution in [2.45, 2.75) is 19.5 Å². The van der Waals surface area contributed by atoms with Crippen molar-refractivity contribution in [2.24, 2.45) is 0 Å². The fourth-order valence-corrected chi connectivity index (χ4v) is 4.87. The summed E-state index contributed by atoms with van der Waals surface area (Å²) in [4.78, 5) is 29.6. The summed E-state index contributed by atoms with van der Waals surface area (Å²) in [5.41, 5.74) is 3.70. The molecule has 4 aromatic heterocycles. The Morgan fingerprint density at radius 2 is 1.82 bits per heavy atom. The van der Waals surface area contributed by atoms with Crippen LogP contribution in [0.5, 0.6) is 0 Å². The first-order valence-corrected chi connectivity index (χ1v) is 10.9. The molecule has 1 N–H and O–H groups in total. The molecule has 5 heterocycles. The quantitative estimate of drug-likeness (QED) is 0.552. The van der Waals surface area contributed by atoms with Gasteiger partial charge in [-0.2, -0.15) is 0 Å². The number of pyridine rings is 1. The number of fused-ring (bicyclic) bond motifs is 1. The van der Waals surface area contributed by atoms with Gasteiger partial charge in [0.25, 0.3) is 5.56 Å². The highest BCUT2D eigenvalue weighted by atomic mass is 32.1. The first kappa shape index (κ1) is 17.5. The van der Waals surface area contributed by atoms with Gasteiger partial charge in [-0.15, -0.1) is 22.7 Å². The average Bonchev–Trinajstić information content (AvgIpc) is 3.43. The molecule has 7 heteroatoms. The molecule has 5 nitrogen and oxygen atoms in total. The molecule has 0 spiro atoms. The molecule has 0 aromatic carbocycles. The predicted octanol–water partition coefficient (Wildman–Crippen LogP) is 4.18. The Morgan fingerprint density at radius 3 is 2.61 bits per heavy atom. The van der Waals surface area contributed by atoms with E-state index in [1.54, 1.807) is 22.7 Å². The number of nitrogens with zero attached hydrogens (tertiary/aromatic N) is 3. The Kier molecular flexibility index (Phi) is 4.64. The van der Waals surface area contributed by atoms with Crippen LogP contribution in [0.25, 0.3) is 21.3 Å². The van der Waals surface area contributed by atoms with Crippen LogP contribution >= 0.6 is 22.7 Å². The minimum atomic E-state index is -0.0293. The molecule has 0 fully saturated rings. The molecule has 0 bridgehead atoms. The Balaban J connectivity index is 1.37. The van der Waals surface area contributed by atoms with Crippen LogP contribution in [0.1, 0.15) is 17.0 Å². The van der Waals surface area contributed by atoms with Gasteiger partial charge in [0.05, 0.1) is 32.4 Å². The van der Waals surface area contributed by atoms with Crippen molar-refractivity contribution in [3.05, 3.63) is 80.5 Å². The van der Waals surface area contributed by atoms with E-state index in [0.717, 1.165) is 47.0 Å². The second-order valence-corrected chi connectivity index (χ2v) is 8.66. The molecule has 0 unspecified atom stereocenters. The fraction of sp³-hybridized carbons (Fsp3) is 0.190. The lowest BCUT2D eigenvalue weighted by Gasteiger charge is -2.27. The summed E-state index contributed by atoms with van der Waals surface area (Å²) in [6, 6.07) is 14.2. The van der Waals surface area contributed by atoms with Crippen molar-refractivity contribution in [3.63, 3.8) is 0 Å². The average molecular weight is 407 g/mol. The highest BCUT2D eigenvalue weighted by molar-refractivity contribution is 7.13. The number of hydrogen-bond acceptors (Lipinski definition) is 6. The summed E-state index contributed by atoms with van der Waals surface area (Å²) in [7, 11) is 0. The molecule has 1 aliphatic rings. The molecule has 0 radical (unpaired) electrons. The molecule has 1 aliphatic heterocycles. The molecule has 4 aromatic rings. The third-order valence-electron chi connectivity index (χ3n) is 4.87. The lowest BCUT2D eigenvalue weighted by Crippen LogP contribution is -2.35. The molecule has 0 saturated heterocycles. The molecule has 5 rings (SSSR count). The van der Waals surface area contributed by atoms with Crippen LogP contribution < -0.4 is 5.56 Å². The highest BCUT2D eigenvalue weighted by Gasteiger charge is 2.22. The second-order valence-electron chi connectivity index (χ2n) is 6.77. The van der Waals surface area contributed by atoms with E-state index >= 15 is 0 Å². The van der Waals surface area contributed by atoms with Gasteiger partial charge in [0, 0.05) is 26.1 Å². The van der Waals surface area contributed by atoms with E-state index in [-0.39, 0.29) is 5.56 Å². The van der Waals surface area contributed by atoms with E-state index in [1.165, 1.54) is 4.88 Å². The van der Waals surface area contributed by atoms with Crippen molar-refractivity contribution in [1.29, 1.82) is 0 Å². The second kappa shape index (κ2) is 7.43. The molecule has 0 atom stereocenters.